The lowest BCUT2D eigenvalue weighted by molar-refractivity contribution is -0.166. The van der Waals surface area contributed by atoms with Gasteiger partial charge in [-0.3, -0.25) is 14.4 Å². The Labute approximate surface area is 509 Å². The molecule has 0 aromatic carbocycles. The van der Waals surface area contributed by atoms with Crippen LogP contribution < -0.4 is 0 Å². The summed E-state index contributed by atoms with van der Waals surface area (Å²) in [5, 5.41) is 0. The highest BCUT2D eigenvalue weighted by atomic mass is 16.6. The zero-order valence-electron chi connectivity index (χ0n) is 52.9. The molecule has 1 unspecified atom stereocenters. The number of unbranched alkanes of at least 4 members (excludes halogenated alkanes) is 15. The van der Waals surface area contributed by atoms with Crippen LogP contribution in [-0.4, -0.2) is 37.2 Å². The highest BCUT2D eigenvalue weighted by molar-refractivity contribution is 5.72. The number of esters is 3. The lowest BCUT2D eigenvalue weighted by Crippen LogP contribution is -2.30. The summed E-state index contributed by atoms with van der Waals surface area (Å²) in [6.45, 7) is 6.26. The number of hydrogen-bond acceptors (Lipinski definition) is 6. The lowest BCUT2D eigenvalue weighted by atomic mass is 10.1. The van der Waals surface area contributed by atoms with Crippen molar-refractivity contribution in [1.82, 2.24) is 0 Å². The van der Waals surface area contributed by atoms with Gasteiger partial charge in [0.1, 0.15) is 13.2 Å². The zero-order valence-corrected chi connectivity index (χ0v) is 52.9. The lowest BCUT2D eigenvalue weighted by Gasteiger charge is -2.18. The SMILES string of the molecule is CC/C=C\C/C=C\C/C=C\C/C=C\C/C=C\C/C=C\C/C=C\C/C=C\C/C=C\CCCCCCCC(=O)OCC(COC(=O)C/C=C\C/C=C\C/C=C\C/C=C\C/C=C\CC)OC(=O)CCCCCCCCC/C=C\C/C=C\CCCCC. The molecule has 0 rings (SSSR count). The molecule has 83 heavy (non-hydrogen) atoms. The third kappa shape index (κ3) is 66.9. The number of carbonyl (C=O) groups excluding carboxylic acids is 3. The summed E-state index contributed by atoms with van der Waals surface area (Å²) in [5.41, 5.74) is 0. The van der Waals surface area contributed by atoms with E-state index in [1.165, 1.54) is 44.9 Å². The summed E-state index contributed by atoms with van der Waals surface area (Å²) < 4.78 is 16.8. The molecule has 0 saturated carbocycles. The molecule has 0 bridgehead atoms. The van der Waals surface area contributed by atoms with E-state index in [9.17, 15) is 14.4 Å². The third-order valence-corrected chi connectivity index (χ3v) is 13.1. The monoisotopic (exact) mass is 1140 g/mol. The average molecular weight is 1140 g/mol. The summed E-state index contributed by atoms with van der Waals surface area (Å²) in [7, 11) is 0. The molecule has 0 aliphatic carbocycles. The first-order valence-corrected chi connectivity index (χ1v) is 32.9. The Morgan fingerprint density at radius 3 is 0.843 bits per heavy atom. The van der Waals surface area contributed by atoms with Gasteiger partial charge in [-0.2, -0.15) is 0 Å². The first-order chi connectivity index (χ1) is 41.0. The third-order valence-electron chi connectivity index (χ3n) is 13.1. The smallest absolute Gasteiger partial charge is 0.309 e. The Kier molecular flexibility index (Phi) is 64.0. The second-order valence-electron chi connectivity index (χ2n) is 20.9. The van der Waals surface area contributed by atoms with E-state index < -0.39 is 12.1 Å². The fraction of sp³-hybridized carbons (Fsp3) is 0.545. The first kappa shape index (κ1) is 77.2. The second-order valence-corrected chi connectivity index (χ2v) is 20.9. The van der Waals surface area contributed by atoms with Crippen LogP contribution in [0.2, 0.25) is 0 Å². The molecule has 0 radical (unpaired) electrons. The van der Waals surface area contributed by atoms with Gasteiger partial charge in [-0.25, -0.2) is 0 Å². The molecule has 0 amide bonds. The van der Waals surface area contributed by atoms with Crippen LogP contribution in [0.25, 0.3) is 0 Å². The molecule has 462 valence electrons. The predicted octanol–water partition coefficient (Wildman–Crippen LogP) is 23.0. The molecule has 0 aromatic rings. The standard InChI is InChI=1S/C77H118O6/c1-4-7-10-13-16-19-22-25-28-30-31-32-33-34-35-36-37-38-39-40-41-42-43-44-45-47-49-52-55-58-61-64-67-70-76(79)82-73-74(72-81-75(78)69-66-63-60-57-54-51-48-27-24-21-18-15-12-9-6-3)83-77(80)71-68-65-62-59-56-53-50-46-29-26-23-20-17-14-11-8-5-2/h7,9-10,12,16-21,25-29,31-32,34-35,37-38,40-41,43-44,47-49,54,57,63,66,74H,4-6,8,11,13-15,22-24,30,33,36,39,42,45-46,50-53,55-56,58-62,64-65,67-73H2,1-3H3/b10-7-,12-9-,19-16-,20-17-,21-18-,28-25-,29-26-,32-31-,35-34-,38-37-,41-40-,44-43-,48-27-,49-47-,57-54-,66-63-. The van der Waals surface area contributed by atoms with Crippen LogP contribution in [0.3, 0.4) is 0 Å². The Bertz CT molecular complexity index is 1990. The zero-order chi connectivity index (χ0) is 59.9. The first-order valence-electron chi connectivity index (χ1n) is 32.9. The van der Waals surface area contributed by atoms with Crippen molar-refractivity contribution in [3.8, 4) is 0 Å². The Morgan fingerprint density at radius 2 is 0.518 bits per heavy atom. The second kappa shape index (κ2) is 68.7. The molecule has 0 saturated heterocycles. The fourth-order valence-electron chi connectivity index (χ4n) is 8.24. The molecule has 6 heteroatoms. The highest BCUT2D eigenvalue weighted by Gasteiger charge is 2.19. The van der Waals surface area contributed by atoms with E-state index in [0.717, 1.165) is 167 Å². The summed E-state index contributed by atoms with van der Waals surface area (Å²) in [6, 6.07) is 0. The molecule has 0 spiro atoms. The number of hydrogen-bond donors (Lipinski definition) is 0. The van der Waals surface area contributed by atoms with Crippen molar-refractivity contribution in [3.05, 3.63) is 194 Å². The fourth-order valence-corrected chi connectivity index (χ4v) is 8.24. The van der Waals surface area contributed by atoms with Crippen molar-refractivity contribution < 1.29 is 28.6 Å². The normalized spacial score (nSPS) is 13.4. The van der Waals surface area contributed by atoms with Gasteiger partial charge in [-0.1, -0.05) is 279 Å². The van der Waals surface area contributed by atoms with E-state index in [4.69, 9.17) is 14.2 Å². The van der Waals surface area contributed by atoms with Crippen molar-refractivity contribution in [3.63, 3.8) is 0 Å². The maximum Gasteiger partial charge on any atom is 0.309 e. The number of ether oxygens (including phenoxy) is 3. The summed E-state index contributed by atoms with van der Waals surface area (Å²) in [4.78, 5) is 38.3. The molecular weight excluding hydrogens is 1020 g/mol. The molecule has 0 aliphatic heterocycles. The van der Waals surface area contributed by atoms with Crippen LogP contribution in [0.1, 0.15) is 252 Å². The Morgan fingerprint density at radius 1 is 0.265 bits per heavy atom. The van der Waals surface area contributed by atoms with E-state index in [1.807, 2.05) is 6.08 Å². The van der Waals surface area contributed by atoms with Gasteiger partial charge >= 0.3 is 17.9 Å². The topological polar surface area (TPSA) is 78.9 Å². The van der Waals surface area contributed by atoms with Gasteiger partial charge in [-0.15, -0.1) is 0 Å². The van der Waals surface area contributed by atoms with E-state index in [-0.39, 0.29) is 38.0 Å². The van der Waals surface area contributed by atoms with Gasteiger partial charge < -0.3 is 14.2 Å². The van der Waals surface area contributed by atoms with Gasteiger partial charge in [0.2, 0.25) is 0 Å². The largest absolute Gasteiger partial charge is 0.462 e. The van der Waals surface area contributed by atoms with Crippen molar-refractivity contribution in [2.45, 2.75) is 258 Å². The van der Waals surface area contributed by atoms with Crippen LogP contribution in [0.15, 0.2) is 194 Å². The van der Waals surface area contributed by atoms with Crippen molar-refractivity contribution >= 4 is 17.9 Å². The number of allylic oxidation sites excluding steroid dienone is 31. The van der Waals surface area contributed by atoms with E-state index >= 15 is 0 Å². The van der Waals surface area contributed by atoms with Crippen molar-refractivity contribution in [1.29, 1.82) is 0 Å². The van der Waals surface area contributed by atoms with Gasteiger partial charge in [0, 0.05) is 12.8 Å². The van der Waals surface area contributed by atoms with Crippen LogP contribution in [0.4, 0.5) is 0 Å². The Hall–Kier alpha value is -5.75. The molecule has 0 fully saturated rings. The van der Waals surface area contributed by atoms with E-state index in [0.29, 0.717) is 6.42 Å². The number of carbonyl (C=O) groups is 3. The van der Waals surface area contributed by atoms with Crippen LogP contribution >= 0.6 is 0 Å². The quantitative estimate of drug-likeness (QED) is 0.0261. The maximum atomic E-state index is 12.9. The van der Waals surface area contributed by atoms with Crippen LogP contribution in [-0.2, 0) is 28.6 Å². The van der Waals surface area contributed by atoms with Gasteiger partial charge in [0.05, 0.1) is 6.42 Å². The summed E-state index contributed by atoms with van der Waals surface area (Å²) in [6.07, 6.45) is 105. The van der Waals surface area contributed by atoms with Gasteiger partial charge in [0.25, 0.3) is 0 Å². The van der Waals surface area contributed by atoms with Crippen molar-refractivity contribution in [2.24, 2.45) is 0 Å². The Balaban J connectivity index is 4.45. The van der Waals surface area contributed by atoms with Crippen LogP contribution in [0.5, 0.6) is 0 Å². The molecule has 0 aliphatic rings. The highest BCUT2D eigenvalue weighted by Crippen LogP contribution is 2.13. The maximum absolute atomic E-state index is 12.9. The molecule has 0 heterocycles. The van der Waals surface area contributed by atoms with E-state index in [1.54, 1.807) is 6.08 Å². The average Bonchev–Trinajstić information content (AvgIpc) is 3.49. The van der Waals surface area contributed by atoms with E-state index in [2.05, 4.69) is 203 Å². The van der Waals surface area contributed by atoms with Gasteiger partial charge in [0.15, 0.2) is 6.10 Å². The molecular formula is C77H118O6. The predicted molar refractivity (Wildman–Crippen MR) is 361 cm³/mol. The van der Waals surface area contributed by atoms with Crippen molar-refractivity contribution in [2.75, 3.05) is 13.2 Å². The molecule has 1 atom stereocenters. The van der Waals surface area contributed by atoms with Gasteiger partial charge in [-0.05, 0) is 148 Å². The minimum Gasteiger partial charge on any atom is -0.462 e. The molecule has 6 nitrogen and oxygen atoms in total. The summed E-state index contributed by atoms with van der Waals surface area (Å²) >= 11 is 0. The molecule has 0 aromatic heterocycles. The molecule has 0 N–H and O–H groups in total. The minimum atomic E-state index is -0.843. The number of rotatable bonds is 57. The van der Waals surface area contributed by atoms with Crippen LogP contribution in [0, 0.1) is 0 Å². The minimum absolute atomic E-state index is 0.112. The summed E-state index contributed by atoms with van der Waals surface area (Å²) in [5.74, 6) is -1.10.